The molecule has 0 unspecified atom stereocenters. The second kappa shape index (κ2) is 14.3. The number of rotatable bonds is 8. The standard InChI is InChI=1S/C36H26N4O12S2/c41-23-7-9-25-27(17-23)29(11-13-31(25)53(47,48)49)39-33(43)19-3-1-5-21(15-19)37-35(45)36(46)38-22-6-2-4-20(16-22)34(44)40-30-12-14-32(54(50,51)52)26-10-8-24(42)18-28(26)30/h1-18,41-42H,(H,37,45)(H,38,46)(H,39,43)(H,40,44)(H,47,48,49)(H,50,51,52). The summed E-state index contributed by atoms with van der Waals surface area (Å²) in [6.45, 7) is 0. The molecule has 6 aromatic carbocycles. The molecule has 0 aromatic heterocycles. The fourth-order valence-electron chi connectivity index (χ4n) is 5.53. The van der Waals surface area contributed by atoms with Crippen molar-refractivity contribution in [3.05, 3.63) is 120 Å². The molecule has 18 heteroatoms. The molecule has 0 aliphatic carbocycles. The van der Waals surface area contributed by atoms with E-state index in [4.69, 9.17) is 0 Å². The molecular formula is C36H26N4O12S2. The van der Waals surface area contributed by atoms with Crippen molar-refractivity contribution in [3.63, 3.8) is 0 Å². The molecule has 0 bridgehead atoms. The van der Waals surface area contributed by atoms with E-state index in [1.54, 1.807) is 0 Å². The van der Waals surface area contributed by atoms with Crippen LogP contribution in [0.3, 0.4) is 0 Å². The first-order valence-electron chi connectivity index (χ1n) is 15.4. The normalized spacial score (nSPS) is 11.5. The van der Waals surface area contributed by atoms with Crippen molar-refractivity contribution in [2.24, 2.45) is 0 Å². The minimum atomic E-state index is -4.63. The number of carbonyl (C=O) groups is 4. The van der Waals surface area contributed by atoms with Crippen LogP contribution in [-0.4, -0.2) is 59.8 Å². The molecule has 6 aromatic rings. The maximum absolute atomic E-state index is 13.2. The molecule has 0 fully saturated rings. The molecule has 54 heavy (non-hydrogen) atoms. The van der Waals surface area contributed by atoms with Crippen molar-refractivity contribution >= 4 is 88.2 Å². The van der Waals surface area contributed by atoms with Gasteiger partial charge in [0.1, 0.15) is 21.3 Å². The first-order chi connectivity index (χ1) is 25.5. The summed E-state index contributed by atoms with van der Waals surface area (Å²) in [7, 11) is -9.26. The van der Waals surface area contributed by atoms with Crippen LogP contribution in [0.1, 0.15) is 20.7 Å². The highest BCUT2D eigenvalue weighted by Gasteiger charge is 2.21. The van der Waals surface area contributed by atoms with Gasteiger partial charge in [-0.25, -0.2) is 0 Å². The molecule has 274 valence electrons. The summed E-state index contributed by atoms with van der Waals surface area (Å²) in [6.07, 6.45) is 0. The van der Waals surface area contributed by atoms with Crippen LogP contribution in [0, 0.1) is 0 Å². The van der Waals surface area contributed by atoms with Gasteiger partial charge in [0.05, 0.1) is 0 Å². The van der Waals surface area contributed by atoms with Gasteiger partial charge in [0, 0.05) is 55.4 Å². The highest BCUT2D eigenvalue weighted by Crippen LogP contribution is 2.34. The monoisotopic (exact) mass is 770 g/mol. The molecular weight excluding hydrogens is 745 g/mol. The Morgan fingerprint density at radius 1 is 0.444 bits per heavy atom. The zero-order valence-corrected chi connectivity index (χ0v) is 28.9. The number of amides is 4. The molecule has 8 N–H and O–H groups in total. The van der Waals surface area contributed by atoms with E-state index in [1.807, 2.05) is 0 Å². The van der Waals surface area contributed by atoms with Crippen molar-refractivity contribution < 1.29 is 55.3 Å². The highest BCUT2D eigenvalue weighted by molar-refractivity contribution is 7.86. The van der Waals surface area contributed by atoms with Gasteiger partial charge in [-0.05, 0) is 97.1 Å². The van der Waals surface area contributed by atoms with Crippen molar-refractivity contribution in [3.8, 4) is 11.5 Å². The third-order valence-corrected chi connectivity index (χ3v) is 9.77. The number of fused-ring (bicyclic) bond motifs is 2. The van der Waals surface area contributed by atoms with Gasteiger partial charge >= 0.3 is 11.8 Å². The van der Waals surface area contributed by atoms with E-state index < -0.39 is 53.7 Å². The summed E-state index contributed by atoms with van der Waals surface area (Å²) >= 11 is 0. The summed E-state index contributed by atoms with van der Waals surface area (Å²) in [5.74, 6) is -4.12. The van der Waals surface area contributed by atoms with Crippen LogP contribution in [0.25, 0.3) is 21.5 Å². The highest BCUT2D eigenvalue weighted by atomic mass is 32.2. The van der Waals surface area contributed by atoms with Crippen LogP contribution >= 0.6 is 0 Å². The molecule has 0 spiro atoms. The Labute approximate surface area is 305 Å². The minimum Gasteiger partial charge on any atom is -0.508 e. The topological polar surface area (TPSA) is 266 Å². The molecule has 0 saturated heterocycles. The fourth-order valence-corrected chi connectivity index (χ4v) is 6.92. The molecule has 0 heterocycles. The average Bonchev–Trinajstić information content (AvgIpc) is 3.11. The van der Waals surface area contributed by atoms with Crippen molar-refractivity contribution in [1.29, 1.82) is 0 Å². The van der Waals surface area contributed by atoms with Crippen LogP contribution < -0.4 is 21.3 Å². The number of hydrogen-bond donors (Lipinski definition) is 8. The lowest BCUT2D eigenvalue weighted by Crippen LogP contribution is -2.29. The molecule has 0 aliphatic heterocycles. The predicted octanol–water partition coefficient (Wildman–Crippen LogP) is 4.98. The van der Waals surface area contributed by atoms with Gasteiger partial charge in [0.2, 0.25) is 0 Å². The molecule has 0 saturated carbocycles. The Kier molecular flexibility index (Phi) is 9.76. The Balaban J connectivity index is 1.13. The van der Waals surface area contributed by atoms with Crippen LogP contribution in [0.4, 0.5) is 22.7 Å². The van der Waals surface area contributed by atoms with Crippen molar-refractivity contribution in [2.75, 3.05) is 21.3 Å². The van der Waals surface area contributed by atoms with E-state index in [2.05, 4.69) is 21.3 Å². The van der Waals surface area contributed by atoms with E-state index in [1.165, 1.54) is 97.1 Å². The molecule has 6 rings (SSSR count). The van der Waals surface area contributed by atoms with Crippen molar-refractivity contribution in [1.82, 2.24) is 0 Å². The molecule has 4 amide bonds. The maximum atomic E-state index is 13.2. The number of phenols is 2. The summed E-state index contributed by atoms with van der Waals surface area (Å²) in [4.78, 5) is 51.1. The lowest BCUT2D eigenvalue weighted by Gasteiger charge is -2.13. The quantitative estimate of drug-likeness (QED) is 0.0753. The second-order valence-electron chi connectivity index (χ2n) is 11.6. The van der Waals surface area contributed by atoms with Gasteiger partial charge in [0.25, 0.3) is 32.1 Å². The number of benzene rings is 6. The smallest absolute Gasteiger partial charge is 0.314 e. The van der Waals surface area contributed by atoms with E-state index in [0.717, 1.165) is 12.1 Å². The van der Waals surface area contributed by atoms with E-state index in [-0.39, 0.29) is 66.9 Å². The molecule has 16 nitrogen and oxygen atoms in total. The largest absolute Gasteiger partial charge is 0.508 e. The molecule has 0 radical (unpaired) electrons. The number of aromatic hydroxyl groups is 2. The summed E-state index contributed by atoms with van der Waals surface area (Å²) in [5.41, 5.74) is 0.359. The summed E-state index contributed by atoms with van der Waals surface area (Å²) in [6, 6.07) is 23.0. The first-order valence-corrected chi connectivity index (χ1v) is 18.3. The number of phenolic OH excluding ortho intramolecular Hbond substituents is 2. The third-order valence-electron chi connectivity index (χ3n) is 7.94. The number of hydrogen-bond acceptors (Lipinski definition) is 10. The van der Waals surface area contributed by atoms with Gasteiger partial charge in [-0.3, -0.25) is 28.3 Å². The first kappa shape index (κ1) is 36.9. The third kappa shape index (κ3) is 7.96. The maximum Gasteiger partial charge on any atom is 0.314 e. The molecule has 0 atom stereocenters. The van der Waals surface area contributed by atoms with Gasteiger partial charge in [0.15, 0.2) is 0 Å². The van der Waals surface area contributed by atoms with Gasteiger partial charge in [-0.1, -0.05) is 12.1 Å². The Hall–Kier alpha value is -6.86. The van der Waals surface area contributed by atoms with Crippen LogP contribution in [-0.2, 0) is 29.8 Å². The fraction of sp³-hybridized carbons (Fsp3) is 0. The predicted molar refractivity (Wildman–Crippen MR) is 197 cm³/mol. The van der Waals surface area contributed by atoms with E-state index >= 15 is 0 Å². The van der Waals surface area contributed by atoms with Gasteiger partial charge in [-0.2, -0.15) is 16.8 Å². The van der Waals surface area contributed by atoms with Crippen molar-refractivity contribution in [2.45, 2.75) is 9.79 Å². The van der Waals surface area contributed by atoms with Crippen LogP contribution in [0.5, 0.6) is 11.5 Å². The lowest BCUT2D eigenvalue weighted by atomic mass is 10.1. The minimum absolute atomic E-state index is 0.0229. The Bertz CT molecular complexity index is 2600. The Morgan fingerprint density at radius 3 is 1.20 bits per heavy atom. The van der Waals surface area contributed by atoms with Gasteiger partial charge in [-0.15, -0.1) is 0 Å². The Morgan fingerprint density at radius 2 is 0.833 bits per heavy atom. The number of nitrogens with one attached hydrogen (secondary N) is 4. The SMILES string of the molecule is O=C(Nc1cccc(C(=O)Nc2ccc(S(=O)(=O)O)c3ccc(O)cc23)c1)C(=O)Nc1cccc(C(=O)Nc2ccc(S(=O)(=O)O)c3ccc(O)cc23)c1. The zero-order chi connectivity index (χ0) is 38.9. The lowest BCUT2D eigenvalue weighted by molar-refractivity contribution is -0.132. The summed E-state index contributed by atoms with van der Waals surface area (Å²) < 4.78 is 66.6. The second-order valence-corrected chi connectivity index (χ2v) is 14.4. The van der Waals surface area contributed by atoms with Gasteiger partial charge < -0.3 is 31.5 Å². The van der Waals surface area contributed by atoms with E-state index in [0.29, 0.717) is 0 Å². The van der Waals surface area contributed by atoms with Crippen LogP contribution in [0.2, 0.25) is 0 Å². The van der Waals surface area contributed by atoms with E-state index in [9.17, 15) is 55.3 Å². The molecule has 0 aliphatic rings. The van der Waals surface area contributed by atoms with Crippen LogP contribution in [0.15, 0.2) is 119 Å². The number of anilines is 4. The zero-order valence-electron chi connectivity index (χ0n) is 27.3. The average molecular weight is 771 g/mol. The number of carbonyl (C=O) groups excluding carboxylic acids is 4. The summed E-state index contributed by atoms with van der Waals surface area (Å²) in [5, 5.41) is 30.2.